The Labute approximate surface area is 136 Å². The molecule has 1 saturated carbocycles. The highest BCUT2D eigenvalue weighted by atomic mass is 16.7. The highest BCUT2D eigenvalue weighted by Gasteiger charge is 2.64. The summed E-state index contributed by atoms with van der Waals surface area (Å²) in [5.74, 6) is -0.237. The number of carbonyl (C=O) groups is 1. The molecule has 1 aliphatic carbocycles. The van der Waals surface area contributed by atoms with Crippen LogP contribution in [0.15, 0.2) is 54.6 Å². The van der Waals surface area contributed by atoms with E-state index in [4.69, 9.17) is 9.47 Å². The van der Waals surface area contributed by atoms with Gasteiger partial charge >= 0.3 is 5.97 Å². The molecule has 1 saturated heterocycles. The predicted molar refractivity (Wildman–Crippen MR) is 87.0 cm³/mol. The largest absolute Gasteiger partial charge is 0.460 e. The Morgan fingerprint density at radius 2 is 1.70 bits per heavy atom. The van der Waals surface area contributed by atoms with Crippen LogP contribution >= 0.6 is 0 Å². The summed E-state index contributed by atoms with van der Waals surface area (Å²) < 4.78 is 11.5. The summed E-state index contributed by atoms with van der Waals surface area (Å²) in [6, 6.07) is 18.1. The number of hydrogen-bond acceptors (Lipinski definition) is 3. The summed E-state index contributed by atoms with van der Waals surface area (Å²) in [6.45, 7) is 2.05. The number of carbonyl (C=O) groups excluding carboxylic acids is 1. The van der Waals surface area contributed by atoms with Crippen LogP contribution in [-0.4, -0.2) is 18.2 Å². The monoisotopic (exact) mass is 308 g/mol. The topological polar surface area (TPSA) is 38.8 Å². The SMILES string of the molecule is Cc1ccc(C2(c3ccccc3)OC2C(=O)OC2CCC2)cc1. The minimum Gasteiger partial charge on any atom is -0.460 e. The fourth-order valence-electron chi connectivity index (χ4n) is 3.17. The van der Waals surface area contributed by atoms with Gasteiger partial charge in [0.15, 0.2) is 11.7 Å². The Hall–Kier alpha value is -2.13. The first-order chi connectivity index (χ1) is 11.2. The molecule has 0 radical (unpaired) electrons. The normalized spacial score (nSPS) is 26.4. The Bertz CT molecular complexity index is 703. The zero-order chi connectivity index (χ0) is 15.9. The molecule has 4 rings (SSSR count). The van der Waals surface area contributed by atoms with Gasteiger partial charge in [-0.3, -0.25) is 0 Å². The van der Waals surface area contributed by atoms with E-state index in [0.717, 1.165) is 30.4 Å². The lowest BCUT2D eigenvalue weighted by molar-refractivity contribution is -0.154. The van der Waals surface area contributed by atoms with E-state index in [1.54, 1.807) is 0 Å². The van der Waals surface area contributed by atoms with Gasteiger partial charge in [-0.25, -0.2) is 4.79 Å². The van der Waals surface area contributed by atoms with Crippen LogP contribution in [0.3, 0.4) is 0 Å². The molecule has 2 aromatic rings. The Balaban J connectivity index is 1.66. The van der Waals surface area contributed by atoms with Gasteiger partial charge in [0.25, 0.3) is 0 Å². The van der Waals surface area contributed by atoms with Crippen LogP contribution in [0.25, 0.3) is 0 Å². The second kappa shape index (κ2) is 5.50. The third-order valence-corrected chi connectivity index (χ3v) is 4.85. The maximum absolute atomic E-state index is 12.5. The third-order valence-electron chi connectivity index (χ3n) is 4.85. The quantitative estimate of drug-likeness (QED) is 0.638. The molecule has 2 unspecified atom stereocenters. The molecule has 2 atom stereocenters. The molecule has 1 aliphatic heterocycles. The number of epoxide rings is 1. The van der Waals surface area contributed by atoms with Gasteiger partial charge in [0.2, 0.25) is 0 Å². The van der Waals surface area contributed by atoms with Gasteiger partial charge in [0.1, 0.15) is 6.10 Å². The average molecular weight is 308 g/mol. The zero-order valence-corrected chi connectivity index (χ0v) is 13.2. The first-order valence-electron chi connectivity index (χ1n) is 8.21. The maximum atomic E-state index is 12.5. The Kier molecular flexibility index (Phi) is 3.46. The molecule has 3 heteroatoms. The maximum Gasteiger partial charge on any atom is 0.339 e. The van der Waals surface area contributed by atoms with E-state index in [1.165, 1.54) is 5.56 Å². The van der Waals surface area contributed by atoms with Gasteiger partial charge in [-0.1, -0.05) is 60.2 Å². The predicted octanol–water partition coefficient (Wildman–Crippen LogP) is 3.73. The molecule has 23 heavy (non-hydrogen) atoms. The molecule has 3 nitrogen and oxygen atoms in total. The van der Waals surface area contributed by atoms with Crippen molar-refractivity contribution >= 4 is 5.97 Å². The Morgan fingerprint density at radius 3 is 2.30 bits per heavy atom. The van der Waals surface area contributed by atoms with Crippen molar-refractivity contribution in [3.8, 4) is 0 Å². The molecule has 1 heterocycles. The van der Waals surface area contributed by atoms with Crippen LogP contribution in [0, 0.1) is 6.92 Å². The summed E-state index contributed by atoms with van der Waals surface area (Å²) >= 11 is 0. The molecule has 0 spiro atoms. The number of ether oxygens (including phenoxy) is 2. The number of benzene rings is 2. The summed E-state index contributed by atoms with van der Waals surface area (Å²) in [7, 11) is 0. The number of esters is 1. The van der Waals surface area contributed by atoms with E-state index in [1.807, 2.05) is 42.5 Å². The second-order valence-corrected chi connectivity index (χ2v) is 6.46. The standard InChI is InChI=1S/C20H20O3/c1-14-10-12-16(13-11-14)20(15-6-3-2-4-7-15)18(23-20)19(21)22-17-8-5-9-17/h2-4,6-7,10-13,17-18H,5,8-9H2,1H3. The van der Waals surface area contributed by atoms with Gasteiger partial charge in [-0.2, -0.15) is 0 Å². The minimum absolute atomic E-state index is 0.0817. The van der Waals surface area contributed by atoms with E-state index in [0.29, 0.717) is 0 Å². The average Bonchev–Trinajstić information content (AvgIpc) is 3.29. The van der Waals surface area contributed by atoms with E-state index >= 15 is 0 Å². The fourth-order valence-corrected chi connectivity index (χ4v) is 3.17. The first kappa shape index (κ1) is 14.5. The van der Waals surface area contributed by atoms with Gasteiger partial charge < -0.3 is 9.47 Å². The third kappa shape index (κ3) is 2.45. The lowest BCUT2D eigenvalue weighted by Crippen LogP contribution is -2.30. The lowest BCUT2D eigenvalue weighted by atomic mass is 9.87. The molecule has 0 aromatic heterocycles. The number of hydrogen-bond donors (Lipinski definition) is 0. The van der Waals surface area contributed by atoms with E-state index < -0.39 is 11.7 Å². The van der Waals surface area contributed by atoms with Crippen LogP contribution in [0.5, 0.6) is 0 Å². The first-order valence-corrected chi connectivity index (χ1v) is 8.21. The van der Waals surface area contributed by atoms with Crippen molar-refractivity contribution < 1.29 is 14.3 Å². The highest BCUT2D eigenvalue weighted by Crippen LogP contribution is 2.52. The van der Waals surface area contributed by atoms with Crippen molar-refractivity contribution in [2.45, 2.75) is 44.0 Å². The van der Waals surface area contributed by atoms with Crippen LogP contribution in [0.2, 0.25) is 0 Å². The zero-order valence-electron chi connectivity index (χ0n) is 13.2. The van der Waals surface area contributed by atoms with Crippen molar-refractivity contribution in [2.75, 3.05) is 0 Å². The number of rotatable bonds is 4. The summed E-state index contributed by atoms with van der Waals surface area (Å²) in [5, 5.41) is 0. The molecular formula is C20H20O3. The molecule has 0 N–H and O–H groups in total. The second-order valence-electron chi connectivity index (χ2n) is 6.46. The fraction of sp³-hybridized carbons (Fsp3) is 0.350. The summed E-state index contributed by atoms with van der Waals surface area (Å²) in [6.07, 6.45) is 2.62. The van der Waals surface area contributed by atoms with Crippen molar-refractivity contribution in [1.82, 2.24) is 0 Å². The van der Waals surface area contributed by atoms with Crippen molar-refractivity contribution in [3.05, 3.63) is 71.3 Å². The summed E-state index contributed by atoms with van der Waals surface area (Å²) in [4.78, 5) is 12.5. The summed E-state index contributed by atoms with van der Waals surface area (Å²) in [5.41, 5.74) is 2.49. The lowest BCUT2D eigenvalue weighted by Gasteiger charge is -2.25. The van der Waals surface area contributed by atoms with Gasteiger partial charge in [-0.05, 0) is 37.3 Å². The van der Waals surface area contributed by atoms with E-state index in [9.17, 15) is 4.79 Å². The van der Waals surface area contributed by atoms with Gasteiger partial charge in [-0.15, -0.1) is 0 Å². The minimum atomic E-state index is -0.699. The molecule has 0 amide bonds. The van der Waals surface area contributed by atoms with E-state index in [2.05, 4.69) is 19.1 Å². The smallest absolute Gasteiger partial charge is 0.339 e. The van der Waals surface area contributed by atoms with Crippen LogP contribution in [-0.2, 0) is 19.9 Å². The van der Waals surface area contributed by atoms with Crippen molar-refractivity contribution in [3.63, 3.8) is 0 Å². The van der Waals surface area contributed by atoms with E-state index in [-0.39, 0.29) is 12.1 Å². The highest BCUT2D eigenvalue weighted by molar-refractivity contribution is 5.82. The molecular weight excluding hydrogens is 288 g/mol. The molecule has 2 aromatic carbocycles. The Morgan fingerprint density at radius 1 is 1.04 bits per heavy atom. The number of aryl methyl sites for hydroxylation is 1. The van der Waals surface area contributed by atoms with Gasteiger partial charge in [0, 0.05) is 0 Å². The van der Waals surface area contributed by atoms with Crippen LogP contribution in [0.1, 0.15) is 36.0 Å². The molecule has 0 bridgehead atoms. The molecule has 2 aliphatic rings. The van der Waals surface area contributed by atoms with Crippen molar-refractivity contribution in [2.24, 2.45) is 0 Å². The van der Waals surface area contributed by atoms with Crippen LogP contribution < -0.4 is 0 Å². The molecule has 2 fully saturated rings. The van der Waals surface area contributed by atoms with Crippen LogP contribution in [0.4, 0.5) is 0 Å². The van der Waals surface area contributed by atoms with Gasteiger partial charge in [0.05, 0.1) is 0 Å². The van der Waals surface area contributed by atoms with Crippen molar-refractivity contribution in [1.29, 1.82) is 0 Å². The molecule has 118 valence electrons.